The van der Waals surface area contributed by atoms with Gasteiger partial charge in [0, 0.05) is 25.0 Å². The molecule has 0 atom stereocenters. The average Bonchev–Trinajstić information content (AvgIpc) is 2.74. The monoisotopic (exact) mass is 410 g/mol. The van der Waals surface area contributed by atoms with Crippen LogP contribution in [0.3, 0.4) is 0 Å². The lowest BCUT2D eigenvalue weighted by atomic mass is 9.99. The molecule has 1 fully saturated rings. The Morgan fingerprint density at radius 1 is 1.07 bits per heavy atom. The van der Waals surface area contributed by atoms with Gasteiger partial charge in [-0.25, -0.2) is 8.42 Å². The van der Waals surface area contributed by atoms with Crippen LogP contribution >= 0.6 is 0 Å². The molecule has 2 aliphatic rings. The van der Waals surface area contributed by atoms with E-state index in [1.165, 1.54) is 6.20 Å². The molecule has 29 heavy (non-hydrogen) atoms. The van der Waals surface area contributed by atoms with Crippen molar-refractivity contribution in [2.45, 2.75) is 38.0 Å². The number of carbonyl (C=O) groups excluding carboxylic acids is 1. The molecule has 1 amide bonds. The van der Waals surface area contributed by atoms with E-state index >= 15 is 0 Å². The Labute approximate surface area is 172 Å². The summed E-state index contributed by atoms with van der Waals surface area (Å²) in [5.74, 6) is 0.160. The molecule has 5 nitrogen and oxygen atoms in total. The van der Waals surface area contributed by atoms with Crippen molar-refractivity contribution in [1.82, 2.24) is 4.90 Å². The minimum atomic E-state index is -3.87. The summed E-state index contributed by atoms with van der Waals surface area (Å²) >= 11 is 0. The van der Waals surface area contributed by atoms with Crippen molar-refractivity contribution in [2.75, 3.05) is 18.0 Å². The number of sulfone groups is 1. The summed E-state index contributed by atoms with van der Waals surface area (Å²) in [6, 6.07) is 14.9. The van der Waals surface area contributed by atoms with Gasteiger partial charge in [0.1, 0.15) is 0 Å². The number of para-hydroxylation sites is 1. The number of benzene rings is 2. The minimum Gasteiger partial charge on any atom is -0.338 e. The maximum absolute atomic E-state index is 13.3. The average molecular weight is 411 g/mol. The van der Waals surface area contributed by atoms with E-state index in [9.17, 15) is 13.2 Å². The fourth-order valence-electron chi connectivity index (χ4n) is 3.94. The normalized spacial score (nSPS) is 18.9. The van der Waals surface area contributed by atoms with Crippen molar-refractivity contribution in [3.05, 3.63) is 65.2 Å². The number of fused-ring (bicyclic) bond motifs is 1. The van der Waals surface area contributed by atoms with Crippen LogP contribution in [0, 0.1) is 5.92 Å². The summed E-state index contributed by atoms with van der Waals surface area (Å²) in [6.07, 6.45) is 4.19. The zero-order chi connectivity index (χ0) is 20.6. The predicted molar refractivity (Wildman–Crippen MR) is 115 cm³/mol. The Morgan fingerprint density at radius 2 is 1.79 bits per heavy atom. The van der Waals surface area contributed by atoms with Crippen LogP contribution in [-0.4, -0.2) is 32.3 Å². The van der Waals surface area contributed by atoms with E-state index in [0.29, 0.717) is 24.7 Å². The third-order valence-electron chi connectivity index (χ3n) is 5.83. The number of amides is 1. The fraction of sp³-hybridized carbons (Fsp3) is 0.348. The Hall–Kier alpha value is -2.60. The summed E-state index contributed by atoms with van der Waals surface area (Å²) in [4.78, 5) is 16.8. The van der Waals surface area contributed by atoms with Gasteiger partial charge >= 0.3 is 0 Å². The molecule has 2 heterocycles. The van der Waals surface area contributed by atoms with Crippen LogP contribution in [0.5, 0.6) is 0 Å². The molecule has 0 bridgehead atoms. The Balaban J connectivity index is 1.81. The number of likely N-dealkylation sites (tertiary alicyclic amines) is 1. The molecule has 0 spiro atoms. The molecule has 0 saturated carbocycles. The van der Waals surface area contributed by atoms with Gasteiger partial charge < -0.3 is 9.80 Å². The van der Waals surface area contributed by atoms with Gasteiger partial charge in [0.2, 0.25) is 9.84 Å². The number of nitrogens with zero attached hydrogens (tertiary/aromatic N) is 2. The lowest BCUT2D eigenvalue weighted by Gasteiger charge is -2.33. The molecule has 0 radical (unpaired) electrons. The standard InChI is InChI=1S/C23H26N2O3S/c1-3-18-7-6-8-19(15-18)25-16-22(23(26)24-13-11-17(2)12-14-24)29(27,28)21-10-5-4-9-20(21)25/h4-10,15-17H,3,11-14H2,1-2H3. The quantitative estimate of drug-likeness (QED) is 0.758. The van der Waals surface area contributed by atoms with Crippen LogP contribution in [0.1, 0.15) is 32.3 Å². The van der Waals surface area contributed by atoms with Gasteiger partial charge in [0.15, 0.2) is 4.91 Å². The summed E-state index contributed by atoms with van der Waals surface area (Å²) in [5.41, 5.74) is 2.58. The zero-order valence-electron chi connectivity index (χ0n) is 16.8. The molecule has 0 aromatic heterocycles. The largest absolute Gasteiger partial charge is 0.338 e. The number of hydrogen-bond acceptors (Lipinski definition) is 4. The molecule has 1 saturated heterocycles. The minimum absolute atomic E-state index is 0.146. The molecular weight excluding hydrogens is 384 g/mol. The second-order valence-electron chi connectivity index (χ2n) is 7.83. The number of piperidine rings is 1. The molecule has 2 aliphatic heterocycles. The third kappa shape index (κ3) is 3.57. The Morgan fingerprint density at radius 3 is 2.52 bits per heavy atom. The van der Waals surface area contributed by atoms with Crippen LogP contribution < -0.4 is 4.90 Å². The van der Waals surface area contributed by atoms with E-state index in [-0.39, 0.29) is 9.80 Å². The van der Waals surface area contributed by atoms with Crippen LogP contribution in [-0.2, 0) is 21.1 Å². The van der Waals surface area contributed by atoms with Gasteiger partial charge in [0.05, 0.1) is 10.6 Å². The Kier molecular flexibility index (Phi) is 5.21. The summed E-state index contributed by atoms with van der Waals surface area (Å²) in [7, 11) is -3.87. The SMILES string of the molecule is CCc1cccc(N2C=C(C(=O)N3CCC(C)CC3)S(=O)(=O)c3ccccc32)c1. The fourth-order valence-corrected chi connectivity index (χ4v) is 5.48. The van der Waals surface area contributed by atoms with Gasteiger partial charge in [0.25, 0.3) is 5.91 Å². The second-order valence-corrected chi connectivity index (χ2v) is 9.72. The van der Waals surface area contributed by atoms with Crippen molar-refractivity contribution in [1.29, 1.82) is 0 Å². The van der Waals surface area contributed by atoms with E-state index in [2.05, 4.69) is 13.8 Å². The highest BCUT2D eigenvalue weighted by Gasteiger charge is 2.38. The van der Waals surface area contributed by atoms with Gasteiger partial charge in [-0.1, -0.05) is 38.1 Å². The Bertz CT molecular complexity index is 1070. The highest BCUT2D eigenvalue weighted by atomic mass is 32.2. The van der Waals surface area contributed by atoms with E-state index in [4.69, 9.17) is 0 Å². The van der Waals surface area contributed by atoms with E-state index in [0.717, 1.165) is 30.5 Å². The molecule has 6 heteroatoms. The molecule has 2 aromatic rings. The molecular formula is C23H26N2O3S. The van der Waals surface area contributed by atoms with Crippen molar-refractivity contribution < 1.29 is 13.2 Å². The summed E-state index contributed by atoms with van der Waals surface area (Å²) < 4.78 is 26.6. The van der Waals surface area contributed by atoms with Crippen molar-refractivity contribution >= 4 is 27.1 Å². The first-order valence-electron chi connectivity index (χ1n) is 10.1. The smallest absolute Gasteiger partial charge is 0.267 e. The zero-order valence-corrected chi connectivity index (χ0v) is 17.7. The first kappa shape index (κ1) is 19.7. The highest BCUT2D eigenvalue weighted by molar-refractivity contribution is 7.96. The van der Waals surface area contributed by atoms with Crippen molar-refractivity contribution in [3.63, 3.8) is 0 Å². The maximum atomic E-state index is 13.3. The highest BCUT2D eigenvalue weighted by Crippen LogP contribution is 2.40. The first-order chi connectivity index (χ1) is 13.9. The molecule has 4 rings (SSSR count). The van der Waals surface area contributed by atoms with E-state index in [1.54, 1.807) is 23.1 Å². The van der Waals surface area contributed by atoms with E-state index < -0.39 is 15.7 Å². The lowest BCUT2D eigenvalue weighted by Crippen LogP contribution is -2.41. The second kappa shape index (κ2) is 7.67. The number of carbonyl (C=O) groups is 1. The summed E-state index contributed by atoms with van der Waals surface area (Å²) in [6.45, 7) is 5.44. The number of aryl methyl sites for hydroxylation is 1. The molecule has 2 aromatic carbocycles. The number of anilines is 2. The van der Waals surface area contributed by atoms with Gasteiger partial charge in [-0.05, 0) is 55.0 Å². The number of rotatable bonds is 3. The van der Waals surface area contributed by atoms with Crippen molar-refractivity contribution in [3.8, 4) is 0 Å². The third-order valence-corrected chi connectivity index (χ3v) is 7.61. The predicted octanol–water partition coefficient (Wildman–Crippen LogP) is 4.27. The number of hydrogen-bond donors (Lipinski definition) is 0. The van der Waals surface area contributed by atoms with Crippen LogP contribution in [0.15, 0.2) is 64.5 Å². The molecule has 0 unspecified atom stereocenters. The molecule has 0 N–H and O–H groups in total. The summed E-state index contributed by atoms with van der Waals surface area (Å²) in [5, 5.41) is 0. The van der Waals surface area contributed by atoms with Gasteiger partial charge in [-0.2, -0.15) is 0 Å². The molecule has 0 aliphatic carbocycles. The first-order valence-corrected chi connectivity index (χ1v) is 11.6. The van der Waals surface area contributed by atoms with Gasteiger partial charge in [-0.15, -0.1) is 0 Å². The maximum Gasteiger partial charge on any atom is 0.267 e. The van der Waals surface area contributed by atoms with Gasteiger partial charge in [-0.3, -0.25) is 4.79 Å². The topological polar surface area (TPSA) is 57.7 Å². The molecule has 152 valence electrons. The van der Waals surface area contributed by atoms with Crippen molar-refractivity contribution in [2.24, 2.45) is 5.92 Å². The van der Waals surface area contributed by atoms with Crippen LogP contribution in [0.2, 0.25) is 0 Å². The lowest BCUT2D eigenvalue weighted by molar-refractivity contribution is -0.127. The van der Waals surface area contributed by atoms with Crippen LogP contribution in [0.4, 0.5) is 11.4 Å². The van der Waals surface area contributed by atoms with Crippen LogP contribution in [0.25, 0.3) is 0 Å². The van der Waals surface area contributed by atoms with E-state index in [1.807, 2.05) is 35.2 Å².